The molecule has 0 radical (unpaired) electrons. The number of hydrogen-bond acceptors (Lipinski definition) is 5. The Hall–Kier alpha value is -0.220. The highest BCUT2D eigenvalue weighted by Gasteiger charge is 2.22. The molecule has 1 atom stereocenters. The molecule has 0 aromatic carbocycles. The second-order valence-electron chi connectivity index (χ2n) is 3.26. The molecule has 15 heavy (non-hydrogen) atoms. The molecule has 0 N–H and O–H groups in total. The third-order valence-corrected chi connectivity index (χ3v) is 5.95. The van der Waals surface area contributed by atoms with Crippen molar-refractivity contribution in [2.24, 2.45) is 0 Å². The van der Waals surface area contributed by atoms with Gasteiger partial charge in [-0.15, -0.1) is 0 Å². The van der Waals surface area contributed by atoms with E-state index in [4.69, 9.17) is 5.26 Å². The van der Waals surface area contributed by atoms with Gasteiger partial charge in [0.1, 0.15) is 5.40 Å². The molecule has 0 saturated heterocycles. The Labute approximate surface area is 100 Å². The van der Waals surface area contributed by atoms with Gasteiger partial charge in [-0.05, 0) is 25.7 Å². The van der Waals surface area contributed by atoms with Gasteiger partial charge in [-0.1, -0.05) is 11.3 Å². The summed E-state index contributed by atoms with van der Waals surface area (Å²) in [7, 11) is 0. The number of nitriles is 1. The summed E-state index contributed by atoms with van der Waals surface area (Å²) in [6.07, 6.45) is 4.51. The van der Waals surface area contributed by atoms with Crippen LogP contribution in [0.5, 0.6) is 0 Å². The lowest BCUT2D eigenvalue weighted by atomic mass is 10.0. The van der Waals surface area contributed by atoms with Crippen molar-refractivity contribution in [2.45, 2.75) is 30.0 Å². The molecule has 0 fully saturated rings. The quantitative estimate of drug-likeness (QED) is 0.616. The van der Waals surface area contributed by atoms with Crippen molar-refractivity contribution in [3.8, 4) is 5.40 Å². The monoisotopic (exact) mass is 258 g/mol. The van der Waals surface area contributed by atoms with Gasteiger partial charge in [0.15, 0.2) is 5.08 Å². The fourth-order valence-electron chi connectivity index (χ4n) is 1.56. The lowest BCUT2D eigenvalue weighted by Gasteiger charge is -2.06. The second-order valence-corrected chi connectivity index (χ2v) is 7.09. The molecule has 0 bridgehead atoms. The Bertz CT molecular complexity index is 362. The van der Waals surface area contributed by atoms with Crippen LogP contribution in [0.2, 0.25) is 0 Å². The van der Waals surface area contributed by atoms with Crippen molar-refractivity contribution >= 4 is 34.3 Å². The fraction of sp³-hybridized carbons (Fsp3) is 0.556. The number of thioether (sulfide) groups is 1. The summed E-state index contributed by atoms with van der Waals surface area (Å²) in [4.78, 5) is 5.70. The van der Waals surface area contributed by atoms with Crippen molar-refractivity contribution in [3.05, 3.63) is 10.6 Å². The molecule has 2 rings (SSSR count). The number of hydrogen-bond donors (Lipinski definition) is 0. The minimum absolute atomic E-state index is 0.336. The zero-order valence-corrected chi connectivity index (χ0v) is 10.5. The van der Waals surface area contributed by atoms with Crippen molar-refractivity contribution in [2.75, 3.05) is 5.08 Å². The van der Waals surface area contributed by atoms with Crippen LogP contribution in [0, 0.1) is 10.7 Å². The van der Waals surface area contributed by atoms with E-state index in [1.54, 1.807) is 11.3 Å². The molecule has 0 aliphatic heterocycles. The Morgan fingerprint density at radius 1 is 1.53 bits per heavy atom. The van der Waals surface area contributed by atoms with Gasteiger partial charge in [-0.2, -0.15) is 10.2 Å². The van der Waals surface area contributed by atoms with Crippen LogP contribution in [-0.2, 0) is 24.0 Å². The first-order valence-corrected chi connectivity index (χ1v) is 7.81. The van der Waals surface area contributed by atoms with Crippen LogP contribution >= 0.6 is 23.1 Å². The molecule has 0 spiro atoms. The first-order valence-electron chi connectivity index (χ1n) is 4.69. The van der Waals surface area contributed by atoms with E-state index in [0.29, 0.717) is 9.42 Å². The van der Waals surface area contributed by atoms with Gasteiger partial charge in [0.25, 0.3) is 0 Å². The molecule has 1 aliphatic rings. The Balaban J connectivity index is 2.09. The van der Waals surface area contributed by atoms with E-state index < -0.39 is 11.2 Å². The zero-order valence-electron chi connectivity index (χ0n) is 8.06. The van der Waals surface area contributed by atoms with E-state index in [2.05, 4.69) is 4.98 Å². The van der Waals surface area contributed by atoms with Gasteiger partial charge in [-0.3, -0.25) is 0 Å². The summed E-state index contributed by atoms with van der Waals surface area (Å²) < 4.78 is 12.4. The molecule has 1 aliphatic carbocycles. The average molecular weight is 258 g/mol. The van der Waals surface area contributed by atoms with Crippen LogP contribution < -0.4 is 0 Å². The van der Waals surface area contributed by atoms with E-state index in [0.717, 1.165) is 30.3 Å². The largest absolute Gasteiger partial charge is 0.609 e. The van der Waals surface area contributed by atoms with Gasteiger partial charge in [-0.25, -0.2) is 0 Å². The zero-order chi connectivity index (χ0) is 10.7. The molecule has 1 unspecified atom stereocenters. The number of fused-ring (bicyclic) bond motifs is 1. The van der Waals surface area contributed by atoms with Crippen LogP contribution in [0.3, 0.4) is 0 Å². The summed E-state index contributed by atoms with van der Waals surface area (Å²) in [5.41, 5.74) is 1.14. The third-order valence-electron chi connectivity index (χ3n) is 2.25. The summed E-state index contributed by atoms with van der Waals surface area (Å²) >= 11 is 1.49. The molecular formula is C9H10N2OS3. The van der Waals surface area contributed by atoms with E-state index in [-0.39, 0.29) is 0 Å². The highest BCUT2D eigenvalue weighted by atomic mass is 32.3. The minimum Gasteiger partial charge on any atom is -0.609 e. The standard InChI is InChI=1S/C9H10N2OS3/c10-5-13-6-15(12)9-11-7-3-1-2-4-8(7)14-9/h1-4,6H2. The molecule has 6 heteroatoms. The van der Waals surface area contributed by atoms with Crippen LogP contribution in [-0.4, -0.2) is 14.6 Å². The first-order chi connectivity index (χ1) is 7.31. The number of thiazole rings is 1. The smallest absolute Gasteiger partial charge is 0.302 e. The number of thiocyanates is 1. The predicted octanol–water partition coefficient (Wildman–Crippen LogP) is 2.30. The highest BCUT2D eigenvalue weighted by molar-refractivity contribution is 8.15. The van der Waals surface area contributed by atoms with Gasteiger partial charge in [0.2, 0.25) is 0 Å². The molecular weight excluding hydrogens is 248 g/mol. The molecule has 1 aromatic rings. The number of nitrogens with zero attached hydrogens (tertiary/aromatic N) is 2. The summed E-state index contributed by atoms with van der Waals surface area (Å²) in [5.74, 6) is 0. The van der Waals surface area contributed by atoms with Crippen molar-refractivity contribution in [3.63, 3.8) is 0 Å². The number of aryl methyl sites for hydroxylation is 2. The Kier molecular flexibility index (Phi) is 3.92. The topological polar surface area (TPSA) is 59.7 Å². The van der Waals surface area contributed by atoms with Crippen LogP contribution in [0.15, 0.2) is 4.34 Å². The molecule has 1 heterocycles. The molecule has 1 aromatic heterocycles. The van der Waals surface area contributed by atoms with E-state index in [9.17, 15) is 4.55 Å². The van der Waals surface area contributed by atoms with Gasteiger partial charge in [0.05, 0.1) is 5.69 Å². The summed E-state index contributed by atoms with van der Waals surface area (Å²) in [5, 5.41) is 10.7. The minimum atomic E-state index is -1.10. The molecule has 0 amide bonds. The Morgan fingerprint density at radius 2 is 2.33 bits per heavy atom. The van der Waals surface area contributed by atoms with Gasteiger partial charge >= 0.3 is 4.34 Å². The molecule has 3 nitrogen and oxygen atoms in total. The van der Waals surface area contributed by atoms with Crippen LogP contribution in [0.1, 0.15) is 23.4 Å². The maximum absolute atomic E-state index is 11.7. The third kappa shape index (κ3) is 2.67. The summed E-state index contributed by atoms with van der Waals surface area (Å²) in [6.45, 7) is 0. The van der Waals surface area contributed by atoms with E-state index in [1.165, 1.54) is 17.7 Å². The normalized spacial score (nSPS) is 16.8. The van der Waals surface area contributed by atoms with Gasteiger partial charge in [0, 0.05) is 27.8 Å². The maximum atomic E-state index is 11.7. The van der Waals surface area contributed by atoms with E-state index in [1.807, 2.05) is 5.40 Å². The SMILES string of the molecule is N#CSC[S+]([O-])c1nc2c(s1)CCCC2. The Morgan fingerprint density at radius 3 is 3.07 bits per heavy atom. The van der Waals surface area contributed by atoms with Gasteiger partial charge < -0.3 is 4.55 Å². The molecule has 80 valence electrons. The number of rotatable bonds is 3. The van der Waals surface area contributed by atoms with Crippen molar-refractivity contribution in [1.82, 2.24) is 4.98 Å². The predicted molar refractivity (Wildman–Crippen MR) is 63.2 cm³/mol. The number of aromatic nitrogens is 1. The van der Waals surface area contributed by atoms with Crippen LogP contribution in [0.4, 0.5) is 0 Å². The van der Waals surface area contributed by atoms with Crippen molar-refractivity contribution in [1.29, 1.82) is 5.26 Å². The van der Waals surface area contributed by atoms with Crippen molar-refractivity contribution < 1.29 is 4.55 Å². The lowest BCUT2D eigenvalue weighted by Crippen LogP contribution is -2.03. The average Bonchev–Trinajstić information content (AvgIpc) is 2.69. The lowest BCUT2D eigenvalue weighted by molar-refractivity contribution is 0.598. The first kappa shape index (κ1) is 11.3. The highest BCUT2D eigenvalue weighted by Crippen LogP contribution is 2.30. The maximum Gasteiger partial charge on any atom is 0.302 e. The molecule has 0 saturated carbocycles. The second kappa shape index (κ2) is 5.21. The fourth-order valence-corrected chi connectivity index (χ4v) is 4.80. The summed E-state index contributed by atoms with van der Waals surface area (Å²) in [6, 6.07) is 0. The van der Waals surface area contributed by atoms with E-state index >= 15 is 0 Å². The van der Waals surface area contributed by atoms with Crippen LogP contribution in [0.25, 0.3) is 0 Å².